The summed E-state index contributed by atoms with van der Waals surface area (Å²) in [5.74, 6) is 1.03. The Morgan fingerprint density at radius 2 is 2.21 bits per heavy atom. The van der Waals surface area contributed by atoms with Crippen LogP contribution in [0.4, 0.5) is 0 Å². The second-order valence-electron chi connectivity index (χ2n) is 5.12. The highest BCUT2D eigenvalue weighted by atomic mass is 16.5. The number of rotatable bonds is 2. The van der Waals surface area contributed by atoms with Crippen molar-refractivity contribution < 1.29 is 4.74 Å². The SMILES string of the molecule is COc1ccc(C)c2cc(C3CCNC3)c(=O)[nH]c12. The number of aromatic amines is 1. The maximum Gasteiger partial charge on any atom is 0.252 e. The molecule has 0 bridgehead atoms. The summed E-state index contributed by atoms with van der Waals surface area (Å²) in [6, 6.07) is 5.95. The van der Waals surface area contributed by atoms with Crippen molar-refractivity contribution in [1.82, 2.24) is 10.3 Å². The van der Waals surface area contributed by atoms with E-state index in [1.54, 1.807) is 7.11 Å². The average molecular weight is 258 g/mol. The predicted molar refractivity (Wildman–Crippen MR) is 76.1 cm³/mol. The molecular formula is C15H18N2O2. The third-order valence-corrected chi connectivity index (χ3v) is 3.95. The zero-order valence-corrected chi connectivity index (χ0v) is 11.2. The van der Waals surface area contributed by atoms with Crippen molar-refractivity contribution in [3.8, 4) is 5.75 Å². The Balaban J connectivity index is 2.24. The van der Waals surface area contributed by atoms with E-state index in [1.807, 2.05) is 18.2 Å². The van der Waals surface area contributed by atoms with Gasteiger partial charge in [-0.1, -0.05) is 6.07 Å². The topological polar surface area (TPSA) is 54.1 Å². The maximum atomic E-state index is 12.3. The van der Waals surface area contributed by atoms with Crippen molar-refractivity contribution >= 4 is 10.9 Å². The van der Waals surface area contributed by atoms with Gasteiger partial charge in [0, 0.05) is 23.4 Å². The first-order valence-electron chi connectivity index (χ1n) is 6.62. The van der Waals surface area contributed by atoms with E-state index in [1.165, 1.54) is 0 Å². The number of pyridine rings is 1. The van der Waals surface area contributed by atoms with Gasteiger partial charge in [0.05, 0.1) is 12.6 Å². The average Bonchev–Trinajstić information content (AvgIpc) is 2.92. The zero-order chi connectivity index (χ0) is 13.4. The highest BCUT2D eigenvalue weighted by Crippen LogP contribution is 2.28. The van der Waals surface area contributed by atoms with Crippen LogP contribution in [0.5, 0.6) is 5.75 Å². The van der Waals surface area contributed by atoms with Gasteiger partial charge in [0.25, 0.3) is 5.56 Å². The maximum absolute atomic E-state index is 12.3. The summed E-state index contributed by atoms with van der Waals surface area (Å²) < 4.78 is 5.32. The fourth-order valence-corrected chi connectivity index (χ4v) is 2.82. The largest absolute Gasteiger partial charge is 0.495 e. The molecule has 1 aromatic heterocycles. The van der Waals surface area contributed by atoms with E-state index in [4.69, 9.17) is 4.74 Å². The van der Waals surface area contributed by atoms with Crippen LogP contribution < -0.4 is 15.6 Å². The van der Waals surface area contributed by atoms with E-state index >= 15 is 0 Å². The summed E-state index contributed by atoms with van der Waals surface area (Å²) in [5, 5.41) is 4.38. The molecule has 1 aliphatic rings. The van der Waals surface area contributed by atoms with Gasteiger partial charge in [0.15, 0.2) is 0 Å². The summed E-state index contributed by atoms with van der Waals surface area (Å²) in [6.07, 6.45) is 1.03. The predicted octanol–water partition coefficient (Wildman–Crippen LogP) is 1.92. The fraction of sp³-hybridized carbons (Fsp3) is 0.400. The van der Waals surface area contributed by atoms with Crippen LogP contribution >= 0.6 is 0 Å². The van der Waals surface area contributed by atoms with Crippen LogP contribution in [0, 0.1) is 6.92 Å². The molecule has 1 unspecified atom stereocenters. The lowest BCUT2D eigenvalue weighted by molar-refractivity contribution is 0.418. The number of ether oxygens (including phenoxy) is 1. The molecule has 100 valence electrons. The van der Waals surface area contributed by atoms with Gasteiger partial charge in [-0.2, -0.15) is 0 Å². The van der Waals surface area contributed by atoms with Crippen LogP contribution in [0.3, 0.4) is 0 Å². The Morgan fingerprint density at radius 1 is 1.37 bits per heavy atom. The molecular weight excluding hydrogens is 240 g/mol. The molecule has 1 fully saturated rings. The molecule has 1 aliphatic heterocycles. The Morgan fingerprint density at radius 3 is 2.89 bits per heavy atom. The van der Waals surface area contributed by atoms with Gasteiger partial charge in [-0.15, -0.1) is 0 Å². The van der Waals surface area contributed by atoms with Crippen molar-refractivity contribution in [2.24, 2.45) is 0 Å². The number of hydrogen-bond acceptors (Lipinski definition) is 3. The first kappa shape index (κ1) is 12.2. The number of aromatic nitrogens is 1. The number of fused-ring (bicyclic) bond motifs is 1. The molecule has 4 heteroatoms. The van der Waals surface area contributed by atoms with Gasteiger partial charge < -0.3 is 15.0 Å². The van der Waals surface area contributed by atoms with E-state index in [0.717, 1.165) is 41.5 Å². The second kappa shape index (κ2) is 4.70. The van der Waals surface area contributed by atoms with Gasteiger partial charge in [-0.05, 0) is 37.6 Å². The van der Waals surface area contributed by atoms with Crippen LogP contribution in [0.25, 0.3) is 10.9 Å². The standard InChI is InChI=1S/C15H18N2O2/c1-9-3-4-13(19-2)14-11(9)7-12(15(18)17-14)10-5-6-16-8-10/h3-4,7,10,16H,5-6,8H2,1-2H3,(H,17,18). The molecule has 0 saturated carbocycles. The molecule has 1 saturated heterocycles. The van der Waals surface area contributed by atoms with Gasteiger partial charge in [0.1, 0.15) is 5.75 Å². The third kappa shape index (κ3) is 2.02. The van der Waals surface area contributed by atoms with Crippen LogP contribution in [-0.4, -0.2) is 25.2 Å². The van der Waals surface area contributed by atoms with E-state index in [2.05, 4.69) is 17.2 Å². The number of nitrogens with one attached hydrogen (secondary N) is 2. The molecule has 3 rings (SSSR count). The Kier molecular flexibility index (Phi) is 3.03. The highest BCUT2D eigenvalue weighted by Gasteiger charge is 2.20. The van der Waals surface area contributed by atoms with Gasteiger partial charge >= 0.3 is 0 Å². The number of H-pyrrole nitrogens is 1. The molecule has 2 N–H and O–H groups in total. The molecule has 0 radical (unpaired) electrons. The lowest BCUT2D eigenvalue weighted by atomic mass is 9.97. The van der Waals surface area contributed by atoms with E-state index < -0.39 is 0 Å². The molecule has 0 spiro atoms. The molecule has 4 nitrogen and oxygen atoms in total. The van der Waals surface area contributed by atoms with E-state index in [9.17, 15) is 4.79 Å². The molecule has 2 heterocycles. The van der Waals surface area contributed by atoms with Gasteiger partial charge in [-0.25, -0.2) is 0 Å². The minimum atomic E-state index is 0.00472. The van der Waals surface area contributed by atoms with E-state index in [-0.39, 0.29) is 5.56 Å². The number of benzene rings is 1. The minimum absolute atomic E-state index is 0.00472. The van der Waals surface area contributed by atoms with Crippen molar-refractivity contribution in [2.75, 3.05) is 20.2 Å². The lowest BCUT2D eigenvalue weighted by Gasteiger charge is -2.12. The van der Waals surface area contributed by atoms with Crippen molar-refractivity contribution in [3.63, 3.8) is 0 Å². The van der Waals surface area contributed by atoms with Crippen LogP contribution in [0.2, 0.25) is 0 Å². The Bertz CT molecular complexity index is 670. The summed E-state index contributed by atoms with van der Waals surface area (Å²) in [4.78, 5) is 15.2. The summed E-state index contributed by atoms with van der Waals surface area (Å²) in [6.45, 7) is 3.92. The van der Waals surface area contributed by atoms with E-state index in [0.29, 0.717) is 11.7 Å². The summed E-state index contributed by atoms with van der Waals surface area (Å²) in [5.41, 5.74) is 2.83. The minimum Gasteiger partial charge on any atom is -0.495 e. The molecule has 2 aromatic rings. The first-order valence-corrected chi connectivity index (χ1v) is 6.62. The van der Waals surface area contributed by atoms with Crippen molar-refractivity contribution in [1.29, 1.82) is 0 Å². The molecule has 0 amide bonds. The quantitative estimate of drug-likeness (QED) is 0.865. The zero-order valence-electron chi connectivity index (χ0n) is 11.2. The number of methoxy groups -OCH3 is 1. The molecule has 1 atom stereocenters. The first-order chi connectivity index (χ1) is 9.20. The van der Waals surface area contributed by atoms with Crippen LogP contribution in [-0.2, 0) is 0 Å². The lowest BCUT2D eigenvalue weighted by Crippen LogP contribution is -2.18. The Labute approximate surface area is 111 Å². The smallest absolute Gasteiger partial charge is 0.252 e. The normalized spacial score (nSPS) is 18.9. The van der Waals surface area contributed by atoms with Gasteiger partial charge in [0.2, 0.25) is 0 Å². The number of aryl methyl sites for hydroxylation is 1. The molecule has 19 heavy (non-hydrogen) atoms. The van der Waals surface area contributed by atoms with Gasteiger partial charge in [-0.3, -0.25) is 4.79 Å². The number of hydrogen-bond donors (Lipinski definition) is 2. The van der Waals surface area contributed by atoms with Crippen molar-refractivity contribution in [2.45, 2.75) is 19.3 Å². The molecule has 1 aromatic carbocycles. The Hall–Kier alpha value is -1.81. The second-order valence-corrected chi connectivity index (χ2v) is 5.12. The summed E-state index contributed by atoms with van der Waals surface area (Å²) in [7, 11) is 1.62. The summed E-state index contributed by atoms with van der Waals surface area (Å²) >= 11 is 0. The van der Waals surface area contributed by atoms with Crippen molar-refractivity contribution in [3.05, 3.63) is 39.7 Å². The third-order valence-electron chi connectivity index (χ3n) is 3.95. The van der Waals surface area contributed by atoms with Crippen LogP contribution in [0.1, 0.15) is 23.5 Å². The molecule has 0 aliphatic carbocycles. The highest BCUT2D eigenvalue weighted by molar-refractivity contribution is 5.87. The fourth-order valence-electron chi connectivity index (χ4n) is 2.82. The monoisotopic (exact) mass is 258 g/mol. The van der Waals surface area contributed by atoms with Crippen LogP contribution in [0.15, 0.2) is 23.0 Å².